The SMILES string of the molecule is Cc1cc(OCCCC(C)C)ccc1Cl. The number of hydrogen-bond acceptors (Lipinski definition) is 1. The van der Waals surface area contributed by atoms with E-state index in [4.69, 9.17) is 16.3 Å². The van der Waals surface area contributed by atoms with E-state index in [0.29, 0.717) is 0 Å². The molecule has 1 nitrogen and oxygen atoms in total. The number of benzene rings is 1. The van der Waals surface area contributed by atoms with E-state index in [-0.39, 0.29) is 0 Å². The third kappa shape index (κ3) is 4.57. The predicted molar refractivity (Wildman–Crippen MR) is 65.8 cm³/mol. The van der Waals surface area contributed by atoms with Gasteiger partial charge in [-0.3, -0.25) is 0 Å². The molecule has 0 heterocycles. The highest BCUT2D eigenvalue weighted by atomic mass is 35.5. The molecule has 0 radical (unpaired) electrons. The van der Waals surface area contributed by atoms with Crippen molar-refractivity contribution in [1.82, 2.24) is 0 Å². The lowest BCUT2D eigenvalue weighted by Gasteiger charge is -2.08. The van der Waals surface area contributed by atoms with Crippen molar-refractivity contribution < 1.29 is 4.74 Å². The summed E-state index contributed by atoms with van der Waals surface area (Å²) in [5.41, 5.74) is 1.07. The molecule has 15 heavy (non-hydrogen) atoms. The highest BCUT2D eigenvalue weighted by Gasteiger charge is 1.99. The van der Waals surface area contributed by atoms with Gasteiger partial charge in [0.1, 0.15) is 5.75 Å². The minimum Gasteiger partial charge on any atom is -0.494 e. The van der Waals surface area contributed by atoms with Gasteiger partial charge in [0.25, 0.3) is 0 Å². The molecule has 0 N–H and O–H groups in total. The second kappa shape index (κ2) is 6.02. The third-order valence-electron chi connectivity index (χ3n) is 2.32. The Kier molecular flexibility index (Phi) is 4.97. The molecule has 2 heteroatoms. The van der Waals surface area contributed by atoms with Crippen LogP contribution in [0.3, 0.4) is 0 Å². The maximum absolute atomic E-state index is 5.93. The van der Waals surface area contributed by atoms with Crippen LogP contribution in [-0.2, 0) is 0 Å². The molecular weight excluding hydrogens is 208 g/mol. The van der Waals surface area contributed by atoms with Crippen LogP contribution in [0.1, 0.15) is 32.3 Å². The van der Waals surface area contributed by atoms with Gasteiger partial charge in [-0.05, 0) is 49.4 Å². The van der Waals surface area contributed by atoms with Crippen molar-refractivity contribution in [3.05, 3.63) is 28.8 Å². The van der Waals surface area contributed by atoms with Crippen LogP contribution in [0.2, 0.25) is 5.02 Å². The minimum atomic E-state index is 0.751. The topological polar surface area (TPSA) is 9.23 Å². The predicted octanol–water partition coefficient (Wildman–Crippen LogP) is 4.46. The average Bonchev–Trinajstić information content (AvgIpc) is 2.18. The van der Waals surface area contributed by atoms with Crippen LogP contribution >= 0.6 is 11.6 Å². The second-order valence-electron chi connectivity index (χ2n) is 4.30. The van der Waals surface area contributed by atoms with Crippen LogP contribution in [0, 0.1) is 12.8 Å². The van der Waals surface area contributed by atoms with Gasteiger partial charge in [-0.15, -0.1) is 0 Å². The van der Waals surface area contributed by atoms with E-state index in [1.807, 2.05) is 25.1 Å². The summed E-state index contributed by atoms with van der Waals surface area (Å²) < 4.78 is 5.63. The molecule has 0 aliphatic rings. The smallest absolute Gasteiger partial charge is 0.119 e. The second-order valence-corrected chi connectivity index (χ2v) is 4.70. The van der Waals surface area contributed by atoms with Gasteiger partial charge in [0.05, 0.1) is 6.61 Å². The van der Waals surface area contributed by atoms with Crippen molar-refractivity contribution in [2.75, 3.05) is 6.61 Å². The van der Waals surface area contributed by atoms with Gasteiger partial charge in [0.2, 0.25) is 0 Å². The molecule has 0 saturated heterocycles. The van der Waals surface area contributed by atoms with Crippen LogP contribution in [0.5, 0.6) is 5.75 Å². The first-order valence-electron chi connectivity index (χ1n) is 5.48. The summed E-state index contributed by atoms with van der Waals surface area (Å²) in [6.07, 6.45) is 2.33. The number of halogens is 1. The van der Waals surface area contributed by atoms with Crippen molar-refractivity contribution in [2.24, 2.45) is 5.92 Å². The summed E-state index contributed by atoms with van der Waals surface area (Å²) in [5.74, 6) is 1.67. The molecular formula is C13H19ClO. The largest absolute Gasteiger partial charge is 0.494 e. The fourth-order valence-corrected chi connectivity index (χ4v) is 1.51. The summed E-state index contributed by atoms with van der Waals surface area (Å²) in [4.78, 5) is 0. The number of ether oxygens (including phenoxy) is 1. The molecule has 0 atom stereocenters. The molecule has 84 valence electrons. The van der Waals surface area contributed by atoms with Gasteiger partial charge >= 0.3 is 0 Å². The van der Waals surface area contributed by atoms with E-state index in [9.17, 15) is 0 Å². The van der Waals surface area contributed by atoms with Crippen LogP contribution in [0.25, 0.3) is 0 Å². The lowest BCUT2D eigenvalue weighted by Crippen LogP contribution is -1.99. The Morgan fingerprint density at radius 3 is 2.67 bits per heavy atom. The van der Waals surface area contributed by atoms with E-state index < -0.39 is 0 Å². The first kappa shape index (κ1) is 12.4. The Balaban J connectivity index is 2.35. The first-order valence-corrected chi connectivity index (χ1v) is 5.86. The molecule has 0 amide bonds. The number of aryl methyl sites for hydroxylation is 1. The highest BCUT2D eigenvalue weighted by Crippen LogP contribution is 2.21. The molecule has 0 bridgehead atoms. The van der Waals surface area contributed by atoms with E-state index in [1.54, 1.807) is 0 Å². The Bertz CT molecular complexity index is 307. The fraction of sp³-hybridized carbons (Fsp3) is 0.538. The molecule has 1 rings (SSSR count). The molecule has 0 aliphatic heterocycles. The van der Waals surface area contributed by atoms with Crippen LogP contribution < -0.4 is 4.74 Å². The van der Waals surface area contributed by atoms with Gasteiger partial charge in [0, 0.05) is 5.02 Å². The van der Waals surface area contributed by atoms with Gasteiger partial charge in [-0.2, -0.15) is 0 Å². The van der Waals surface area contributed by atoms with Gasteiger partial charge in [-0.25, -0.2) is 0 Å². The lowest BCUT2D eigenvalue weighted by molar-refractivity contribution is 0.297. The summed E-state index contributed by atoms with van der Waals surface area (Å²) in [6.45, 7) is 7.24. The molecule has 0 unspecified atom stereocenters. The fourth-order valence-electron chi connectivity index (χ4n) is 1.39. The normalized spacial score (nSPS) is 10.7. The maximum Gasteiger partial charge on any atom is 0.119 e. The summed E-state index contributed by atoms with van der Waals surface area (Å²) in [5, 5.41) is 0.796. The summed E-state index contributed by atoms with van der Waals surface area (Å²) >= 11 is 5.93. The highest BCUT2D eigenvalue weighted by molar-refractivity contribution is 6.31. The molecule has 0 saturated carbocycles. The van der Waals surface area contributed by atoms with Crippen molar-refractivity contribution in [3.63, 3.8) is 0 Å². The van der Waals surface area contributed by atoms with E-state index in [2.05, 4.69) is 13.8 Å². The Morgan fingerprint density at radius 1 is 1.33 bits per heavy atom. The van der Waals surface area contributed by atoms with Crippen LogP contribution in [-0.4, -0.2) is 6.61 Å². The Labute approximate surface area is 97.4 Å². The molecule has 0 spiro atoms. The van der Waals surface area contributed by atoms with Crippen LogP contribution in [0.15, 0.2) is 18.2 Å². The quantitative estimate of drug-likeness (QED) is 0.674. The monoisotopic (exact) mass is 226 g/mol. The zero-order chi connectivity index (χ0) is 11.3. The third-order valence-corrected chi connectivity index (χ3v) is 2.75. The molecule has 0 aliphatic carbocycles. The summed E-state index contributed by atoms with van der Waals surface area (Å²) in [7, 11) is 0. The van der Waals surface area contributed by atoms with Crippen molar-refractivity contribution >= 4 is 11.6 Å². The summed E-state index contributed by atoms with van der Waals surface area (Å²) in [6, 6.07) is 5.79. The van der Waals surface area contributed by atoms with Crippen molar-refractivity contribution in [2.45, 2.75) is 33.6 Å². The van der Waals surface area contributed by atoms with E-state index in [1.165, 1.54) is 6.42 Å². The Hall–Kier alpha value is -0.690. The zero-order valence-corrected chi connectivity index (χ0v) is 10.5. The Morgan fingerprint density at radius 2 is 2.07 bits per heavy atom. The molecule has 1 aromatic rings. The van der Waals surface area contributed by atoms with E-state index in [0.717, 1.165) is 35.3 Å². The molecule has 1 aromatic carbocycles. The first-order chi connectivity index (χ1) is 7.09. The lowest BCUT2D eigenvalue weighted by atomic mass is 10.1. The molecule has 0 aromatic heterocycles. The van der Waals surface area contributed by atoms with Gasteiger partial charge in [-0.1, -0.05) is 25.4 Å². The minimum absolute atomic E-state index is 0.751. The van der Waals surface area contributed by atoms with Gasteiger partial charge < -0.3 is 4.74 Å². The average molecular weight is 227 g/mol. The standard InChI is InChI=1S/C13H19ClO/c1-10(2)5-4-8-15-12-6-7-13(14)11(3)9-12/h6-7,9-10H,4-5,8H2,1-3H3. The van der Waals surface area contributed by atoms with E-state index >= 15 is 0 Å². The van der Waals surface area contributed by atoms with Crippen LogP contribution in [0.4, 0.5) is 0 Å². The number of rotatable bonds is 5. The van der Waals surface area contributed by atoms with Crippen molar-refractivity contribution in [3.8, 4) is 5.75 Å². The van der Waals surface area contributed by atoms with Crippen molar-refractivity contribution in [1.29, 1.82) is 0 Å². The zero-order valence-electron chi connectivity index (χ0n) is 9.72. The molecule has 0 fully saturated rings. The maximum atomic E-state index is 5.93. The number of hydrogen-bond donors (Lipinski definition) is 0. The van der Waals surface area contributed by atoms with Gasteiger partial charge in [0.15, 0.2) is 0 Å².